The third-order valence-corrected chi connectivity index (χ3v) is 16.6. The molecule has 20 nitrogen and oxygen atoms in total. The van der Waals surface area contributed by atoms with Crippen LogP contribution >= 0.6 is 0 Å². The third-order valence-electron chi connectivity index (χ3n) is 16.6. The summed E-state index contributed by atoms with van der Waals surface area (Å²) in [5.74, 6) is -7.72. The van der Waals surface area contributed by atoms with Crippen molar-refractivity contribution in [2.24, 2.45) is 40.5 Å². The van der Waals surface area contributed by atoms with Gasteiger partial charge in [-0.15, -0.1) is 0 Å². The largest absolute Gasteiger partial charge is 0.507 e. The average Bonchev–Trinajstić information content (AvgIpc) is 3.78. The van der Waals surface area contributed by atoms with Crippen LogP contribution in [0.1, 0.15) is 118 Å². The molecule has 3 aromatic rings. The number of carbonyl (C=O) groups is 6. The summed E-state index contributed by atoms with van der Waals surface area (Å²) in [5, 5.41) is 62.1. The van der Waals surface area contributed by atoms with Crippen LogP contribution in [-0.4, -0.2) is 136 Å². The second-order valence-corrected chi connectivity index (χ2v) is 22.3. The van der Waals surface area contributed by atoms with Crippen molar-refractivity contribution >= 4 is 53.1 Å². The number of piperazine rings is 1. The minimum atomic E-state index is -2.04. The Kier molecular flexibility index (Phi) is 18.6. The number of anilines is 1. The van der Waals surface area contributed by atoms with E-state index in [-0.39, 0.29) is 86.1 Å². The van der Waals surface area contributed by atoms with Crippen LogP contribution in [0.2, 0.25) is 0 Å². The second kappa shape index (κ2) is 25.2. The summed E-state index contributed by atoms with van der Waals surface area (Å²) in [6.07, 6.45) is 5.36. The number of rotatable bonds is 13. The Morgan fingerprint density at radius 1 is 0.902 bits per heavy atom. The van der Waals surface area contributed by atoms with Gasteiger partial charge in [-0.25, -0.2) is 4.99 Å². The minimum Gasteiger partial charge on any atom is -0.507 e. The van der Waals surface area contributed by atoms with Crippen LogP contribution in [0.3, 0.4) is 0 Å². The van der Waals surface area contributed by atoms with E-state index in [2.05, 4.69) is 10.2 Å². The number of carbonyl (C=O) groups excluding carboxylic acids is 6. The predicted octanol–water partition coefficient (Wildman–Crippen LogP) is 7.03. The molecule has 5 aliphatic heterocycles. The maximum atomic E-state index is 14.9. The molecular weight excluding hydrogens is 1060 g/mol. The van der Waals surface area contributed by atoms with Gasteiger partial charge in [0.2, 0.25) is 0 Å². The third kappa shape index (κ3) is 12.4. The highest BCUT2D eigenvalue weighted by molar-refractivity contribution is 6.25. The van der Waals surface area contributed by atoms with Crippen LogP contribution in [0.25, 0.3) is 0 Å². The van der Waals surface area contributed by atoms with Gasteiger partial charge in [-0.1, -0.05) is 52.8 Å². The van der Waals surface area contributed by atoms with Crippen molar-refractivity contribution in [3.8, 4) is 28.7 Å². The first kappa shape index (κ1) is 60.4. The van der Waals surface area contributed by atoms with Gasteiger partial charge in [-0.3, -0.25) is 24.1 Å². The molecule has 1 saturated heterocycles. The Morgan fingerprint density at radius 2 is 1.60 bits per heavy atom. The number of phenols is 2. The molecule has 1 fully saturated rings. The lowest BCUT2D eigenvalue weighted by Gasteiger charge is -2.37. The van der Waals surface area contributed by atoms with Crippen molar-refractivity contribution in [2.45, 2.75) is 112 Å². The highest BCUT2D eigenvalue weighted by Crippen LogP contribution is 2.54. The Bertz CT molecular complexity index is 3130. The fraction of sp³-hybridized carbons (Fsp3) is 0.468. The number of fused-ring (bicyclic) bond motifs is 14. The monoisotopic (exact) mass is 1130 g/mol. The first-order chi connectivity index (χ1) is 39.0. The van der Waals surface area contributed by atoms with E-state index in [4.69, 9.17) is 28.7 Å². The Morgan fingerprint density at radius 3 is 2.27 bits per heavy atom. The number of nitrogens with zero attached hydrogens (tertiary/aromatic N) is 3. The smallest absolute Gasteiger partial charge is 0.312 e. The maximum absolute atomic E-state index is 14.9. The highest BCUT2D eigenvalue weighted by atomic mass is 16.7. The molecule has 0 spiro atoms. The Hall–Kier alpha value is -7.65. The summed E-state index contributed by atoms with van der Waals surface area (Å²) in [6, 6.07) is 10.1. The average molecular weight is 1130 g/mol. The van der Waals surface area contributed by atoms with E-state index in [1.54, 1.807) is 69.3 Å². The summed E-state index contributed by atoms with van der Waals surface area (Å²) in [4.78, 5) is 85.7. The number of nitrogens with one attached hydrogen (secondary N) is 1. The van der Waals surface area contributed by atoms with Gasteiger partial charge in [0.05, 0.1) is 42.3 Å². The van der Waals surface area contributed by atoms with Crippen LogP contribution < -0.4 is 24.4 Å². The van der Waals surface area contributed by atoms with Crippen molar-refractivity contribution < 1.29 is 78.0 Å². The van der Waals surface area contributed by atoms with Crippen LogP contribution in [0.5, 0.6) is 28.7 Å². The highest BCUT2D eigenvalue weighted by Gasteiger charge is 2.53. The summed E-state index contributed by atoms with van der Waals surface area (Å²) in [7, 11) is 0. The van der Waals surface area contributed by atoms with Gasteiger partial charge in [0.1, 0.15) is 59.2 Å². The van der Waals surface area contributed by atoms with Crippen molar-refractivity contribution in [1.29, 1.82) is 0 Å². The molecule has 0 aromatic heterocycles. The second-order valence-electron chi connectivity index (χ2n) is 22.3. The summed E-state index contributed by atoms with van der Waals surface area (Å²) < 4.78 is 30.6. The number of hydrogen-bond acceptors (Lipinski definition) is 19. The molecule has 5 bridgehead atoms. The van der Waals surface area contributed by atoms with Crippen molar-refractivity contribution in [2.75, 3.05) is 44.2 Å². The number of ether oxygens (including phenoxy) is 5. The lowest BCUT2D eigenvalue weighted by molar-refractivity contribution is -0.158. The van der Waals surface area contributed by atoms with Crippen molar-refractivity contribution in [3.63, 3.8) is 0 Å². The van der Waals surface area contributed by atoms with E-state index >= 15 is 0 Å². The number of esters is 1. The molecule has 0 radical (unpaired) electrons. The zero-order chi connectivity index (χ0) is 59.5. The van der Waals surface area contributed by atoms with E-state index in [0.29, 0.717) is 81.7 Å². The molecule has 1 unspecified atom stereocenters. The summed E-state index contributed by atoms with van der Waals surface area (Å²) in [6.45, 7) is 17.6. The molecule has 82 heavy (non-hydrogen) atoms. The van der Waals surface area contributed by atoms with Crippen molar-refractivity contribution in [1.82, 2.24) is 10.2 Å². The van der Waals surface area contributed by atoms with E-state index in [9.17, 15) is 54.3 Å². The molecule has 20 heteroatoms. The fourth-order valence-corrected chi connectivity index (χ4v) is 11.1. The number of aliphatic hydroxyl groups is 3. The van der Waals surface area contributed by atoms with Gasteiger partial charge in [0.15, 0.2) is 17.3 Å². The molecule has 9 rings (SSSR count). The quantitative estimate of drug-likeness (QED) is 0.0329. The zero-order valence-electron chi connectivity index (χ0n) is 47.7. The number of benzene rings is 3. The van der Waals surface area contributed by atoms with Gasteiger partial charge < -0.3 is 69.0 Å². The van der Waals surface area contributed by atoms with Gasteiger partial charge in [0.25, 0.3) is 11.7 Å². The molecule has 1 amide bonds. The number of amides is 1. The number of aromatic hydroxyl groups is 2. The number of allylic oxidation sites excluding steroid dienone is 4. The molecular formula is C62H74N4O16. The summed E-state index contributed by atoms with van der Waals surface area (Å²) >= 11 is 0. The SMILES string of the molecule is CC(=O)O[C@H]1[C@H](C)[C@H](O)[C@H](C)[C@@H](O)[C@@H](C)/C=C/C=C(/C)C(=O)NC2=C3Oc4cc(N5CCN(CCC(=O)c6ccc(OCCCC(C=O)C=O)cc6)CC5)cc(O)c4N=C3c3c4c(c(C)c(O)c3C2O)O[C@](C)(O/C=C/[C@H](C)[C@H]1C)C4=O. The summed E-state index contributed by atoms with van der Waals surface area (Å²) in [5.41, 5.74) is 0.611. The van der Waals surface area contributed by atoms with Gasteiger partial charge in [-0.05, 0) is 68.9 Å². The minimum absolute atomic E-state index is 0.0336. The number of phenolic OH excluding ortho intramolecular Hbond substituents is 2. The molecule has 5 heterocycles. The number of Topliss-reactive ketones (excluding diaryl/α,β-unsaturated/α-hetero) is 2. The van der Waals surface area contributed by atoms with E-state index in [1.165, 1.54) is 46.1 Å². The maximum Gasteiger partial charge on any atom is 0.312 e. The van der Waals surface area contributed by atoms with Crippen LogP contribution in [0, 0.1) is 42.4 Å². The van der Waals surface area contributed by atoms with Gasteiger partial charge in [0, 0.05) is 116 Å². The van der Waals surface area contributed by atoms with E-state index < -0.39 is 83.2 Å². The number of ketones is 2. The first-order valence-electron chi connectivity index (χ1n) is 27.9. The molecule has 6 N–H and O–H groups in total. The predicted molar refractivity (Wildman–Crippen MR) is 302 cm³/mol. The van der Waals surface area contributed by atoms with Crippen LogP contribution in [0.15, 0.2) is 89.0 Å². The molecule has 0 saturated carbocycles. The van der Waals surface area contributed by atoms with Crippen LogP contribution in [0.4, 0.5) is 11.4 Å². The molecule has 438 valence electrons. The number of aliphatic imine (C=N–C) groups is 1. The normalized spacial score (nSPS) is 28.2. The van der Waals surface area contributed by atoms with E-state index in [1.807, 2.05) is 18.7 Å². The van der Waals surface area contributed by atoms with E-state index in [0.717, 1.165) is 0 Å². The zero-order valence-corrected chi connectivity index (χ0v) is 47.7. The lowest BCUT2D eigenvalue weighted by atomic mass is 9.77. The Labute approximate surface area is 476 Å². The first-order valence-corrected chi connectivity index (χ1v) is 27.9. The number of hydrogen-bond donors (Lipinski definition) is 6. The van der Waals surface area contributed by atoms with Gasteiger partial charge >= 0.3 is 11.8 Å². The molecule has 3 aromatic carbocycles. The topological polar surface area (TPSA) is 281 Å². The van der Waals surface area contributed by atoms with Crippen molar-refractivity contribution in [3.05, 3.63) is 112 Å². The van der Waals surface area contributed by atoms with Crippen LogP contribution in [-0.2, 0) is 28.7 Å². The molecule has 10 atom stereocenters. The van der Waals surface area contributed by atoms with Gasteiger partial charge in [-0.2, -0.15) is 0 Å². The molecule has 1 aliphatic carbocycles. The Balaban J connectivity index is 1.08. The molecule has 6 aliphatic rings. The standard InChI is InChI=1S/C62H74N4O16/c1-32-20-27-79-62(9)60(76)49-47-48(55(74)38(7)58(49)82-62)56(75)52(64-61(77)34(3)13-10-12-33(2)53(72)36(5)54(73)37(6)57(35(32)4)80-39(8)69)59-51(47)63-50-45(71)28-42(29-46(50)81-59)66-24-22-65(23-25-66)21-19-44(70)41-15-17-43(18-16-41)78-26-11-14-40(30-67)31-68/h10,12-13,15-18,20,27-33,35-37,40,53-54,56-57,71-75H,11,14,19,21-26H2,1-9H3,(H,64,77)/b12-10+,27-20+,34-13-/t32-,33-,35+,36+,37+,53-,54+,56?,57+,62-/m0/s1. The lowest BCUT2D eigenvalue weighted by Crippen LogP contribution is -2.47. The number of aldehydes is 2. The number of aliphatic hydroxyl groups excluding tert-OH is 3. The fourth-order valence-electron chi connectivity index (χ4n) is 11.1.